The zero-order chi connectivity index (χ0) is 18.1. The minimum Gasteiger partial charge on any atom is -0.324 e. The van der Waals surface area contributed by atoms with Crippen molar-refractivity contribution in [1.82, 2.24) is 9.97 Å². The number of halogens is 1. The molecule has 4 heteroatoms. The lowest BCUT2D eigenvalue weighted by molar-refractivity contribution is 1.20. The third-order valence-electron chi connectivity index (χ3n) is 4.42. The third kappa shape index (κ3) is 3.14. The third-order valence-corrected chi connectivity index (χ3v) is 4.66. The average molecular weight is 360 g/mol. The zero-order valence-corrected chi connectivity index (χ0v) is 15.4. The van der Waals surface area contributed by atoms with Crippen molar-refractivity contribution in [3.63, 3.8) is 0 Å². The smallest absolute Gasteiger partial charge is 0.228 e. The first-order valence-electron chi connectivity index (χ1n) is 8.48. The summed E-state index contributed by atoms with van der Waals surface area (Å²) in [6, 6.07) is 22.0. The highest BCUT2D eigenvalue weighted by molar-refractivity contribution is 6.31. The van der Waals surface area contributed by atoms with Crippen LogP contribution in [-0.4, -0.2) is 9.97 Å². The molecule has 3 aromatic carbocycles. The number of hydrogen-bond acceptors (Lipinski definition) is 3. The van der Waals surface area contributed by atoms with Crippen LogP contribution in [0.25, 0.3) is 22.2 Å². The van der Waals surface area contributed by atoms with Gasteiger partial charge in [-0.15, -0.1) is 0 Å². The van der Waals surface area contributed by atoms with Gasteiger partial charge in [0.2, 0.25) is 5.95 Å². The highest BCUT2D eigenvalue weighted by Gasteiger charge is 2.12. The van der Waals surface area contributed by atoms with E-state index in [1.165, 1.54) is 0 Å². The number of benzene rings is 3. The largest absolute Gasteiger partial charge is 0.324 e. The minimum absolute atomic E-state index is 0.580. The summed E-state index contributed by atoms with van der Waals surface area (Å²) in [6.07, 6.45) is 0. The molecule has 0 bridgehead atoms. The number of hydrogen-bond donors (Lipinski definition) is 1. The average Bonchev–Trinajstić information content (AvgIpc) is 2.65. The van der Waals surface area contributed by atoms with Crippen LogP contribution in [0.5, 0.6) is 0 Å². The van der Waals surface area contributed by atoms with E-state index in [-0.39, 0.29) is 0 Å². The van der Waals surface area contributed by atoms with Crippen LogP contribution < -0.4 is 5.32 Å². The fraction of sp³-hybridized carbons (Fsp3) is 0.0909. The van der Waals surface area contributed by atoms with Gasteiger partial charge in [0.25, 0.3) is 0 Å². The Bertz CT molecular complexity index is 1070. The van der Waals surface area contributed by atoms with Crippen LogP contribution in [0.15, 0.2) is 66.7 Å². The van der Waals surface area contributed by atoms with E-state index in [1.807, 2.05) is 48.5 Å². The summed E-state index contributed by atoms with van der Waals surface area (Å²) < 4.78 is 0. The fourth-order valence-corrected chi connectivity index (χ4v) is 3.27. The van der Waals surface area contributed by atoms with Gasteiger partial charge in [-0.3, -0.25) is 0 Å². The van der Waals surface area contributed by atoms with E-state index in [2.05, 4.69) is 37.4 Å². The number of fused-ring (bicyclic) bond motifs is 1. The Kier molecular flexibility index (Phi) is 4.31. The van der Waals surface area contributed by atoms with Crippen molar-refractivity contribution < 1.29 is 0 Å². The van der Waals surface area contributed by atoms with Gasteiger partial charge in [0.05, 0.1) is 11.2 Å². The molecular weight excluding hydrogens is 342 g/mol. The molecule has 1 aromatic heterocycles. The van der Waals surface area contributed by atoms with E-state index in [0.717, 1.165) is 39.0 Å². The molecule has 0 amide bonds. The Hall–Kier alpha value is -2.91. The number of aromatic nitrogens is 2. The van der Waals surface area contributed by atoms with Crippen LogP contribution in [0.2, 0.25) is 5.02 Å². The molecule has 4 rings (SSSR count). The van der Waals surface area contributed by atoms with Crippen molar-refractivity contribution in [2.45, 2.75) is 13.8 Å². The number of aryl methyl sites for hydroxylation is 2. The number of nitrogens with zero attached hydrogens (tertiary/aromatic N) is 2. The molecule has 0 atom stereocenters. The van der Waals surface area contributed by atoms with Gasteiger partial charge in [0.1, 0.15) is 0 Å². The summed E-state index contributed by atoms with van der Waals surface area (Å²) in [6.45, 7) is 4.16. The van der Waals surface area contributed by atoms with E-state index in [0.29, 0.717) is 11.0 Å². The van der Waals surface area contributed by atoms with Crippen LogP contribution in [0.3, 0.4) is 0 Å². The number of para-hydroxylation sites is 1. The molecule has 1 heterocycles. The van der Waals surface area contributed by atoms with Crippen molar-refractivity contribution in [1.29, 1.82) is 0 Å². The second-order valence-corrected chi connectivity index (χ2v) is 6.75. The normalized spacial score (nSPS) is 10.9. The maximum Gasteiger partial charge on any atom is 0.228 e. The summed E-state index contributed by atoms with van der Waals surface area (Å²) in [5.74, 6) is 0.580. The monoisotopic (exact) mass is 359 g/mol. The quantitative estimate of drug-likeness (QED) is 0.465. The van der Waals surface area contributed by atoms with Crippen LogP contribution in [0.1, 0.15) is 11.1 Å². The molecule has 26 heavy (non-hydrogen) atoms. The van der Waals surface area contributed by atoms with Crippen molar-refractivity contribution in [2.24, 2.45) is 0 Å². The summed E-state index contributed by atoms with van der Waals surface area (Å²) >= 11 is 6.22. The van der Waals surface area contributed by atoms with E-state index in [9.17, 15) is 0 Å². The van der Waals surface area contributed by atoms with Crippen molar-refractivity contribution in [3.05, 3.63) is 82.9 Å². The lowest BCUT2D eigenvalue weighted by Crippen LogP contribution is -2.02. The Morgan fingerprint density at radius 1 is 0.808 bits per heavy atom. The molecule has 4 aromatic rings. The molecule has 0 spiro atoms. The molecule has 0 saturated carbocycles. The van der Waals surface area contributed by atoms with Gasteiger partial charge in [-0.05, 0) is 43.2 Å². The minimum atomic E-state index is 0.580. The van der Waals surface area contributed by atoms with Gasteiger partial charge < -0.3 is 5.32 Å². The molecule has 0 radical (unpaired) electrons. The lowest BCUT2D eigenvalue weighted by Gasteiger charge is -2.14. The Morgan fingerprint density at radius 2 is 1.54 bits per heavy atom. The Morgan fingerprint density at radius 3 is 2.27 bits per heavy atom. The molecular formula is C22H18ClN3. The Balaban J connectivity index is 1.91. The molecule has 0 saturated heterocycles. The van der Waals surface area contributed by atoms with Crippen molar-refractivity contribution in [3.8, 4) is 11.3 Å². The fourth-order valence-electron chi connectivity index (χ4n) is 3.10. The zero-order valence-electron chi connectivity index (χ0n) is 14.6. The number of anilines is 2. The maximum absolute atomic E-state index is 6.22. The van der Waals surface area contributed by atoms with Gasteiger partial charge in [0, 0.05) is 21.7 Å². The van der Waals surface area contributed by atoms with Gasteiger partial charge >= 0.3 is 0 Å². The number of rotatable bonds is 3. The Labute approximate surface area is 157 Å². The first kappa shape index (κ1) is 16.6. The van der Waals surface area contributed by atoms with Gasteiger partial charge in [-0.25, -0.2) is 9.97 Å². The molecule has 0 unspecified atom stereocenters. The molecule has 128 valence electrons. The predicted octanol–water partition coefficient (Wildman–Crippen LogP) is 6.31. The van der Waals surface area contributed by atoms with Crippen LogP contribution in [-0.2, 0) is 0 Å². The van der Waals surface area contributed by atoms with Crippen LogP contribution >= 0.6 is 11.6 Å². The van der Waals surface area contributed by atoms with Crippen LogP contribution in [0.4, 0.5) is 11.6 Å². The van der Waals surface area contributed by atoms with Crippen molar-refractivity contribution >= 4 is 34.1 Å². The highest BCUT2D eigenvalue weighted by atomic mass is 35.5. The molecule has 1 N–H and O–H groups in total. The summed E-state index contributed by atoms with van der Waals surface area (Å²) in [7, 11) is 0. The summed E-state index contributed by atoms with van der Waals surface area (Å²) in [5.41, 5.74) is 6.12. The van der Waals surface area contributed by atoms with E-state index in [1.54, 1.807) is 0 Å². The standard InChI is InChI=1S/C22H18ClN3/c1-14-7-6-8-15(2)20(14)25-22-24-19-12-11-17(23)13-18(19)21(26-22)16-9-4-3-5-10-16/h3-13H,1-2H3,(H,24,25,26). The molecule has 0 fully saturated rings. The molecule has 0 aliphatic heterocycles. The van der Waals surface area contributed by atoms with Gasteiger partial charge in [0.15, 0.2) is 0 Å². The molecule has 0 aliphatic carbocycles. The van der Waals surface area contributed by atoms with E-state index in [4.69, 9.17) is 21.6 Å². The van der Waals surface area contributed by atoms with Gasteiger partial charge in [-0.2, -0.15) is 0 Å². The first-order valence-corrected chi connectivity index (χ1v) is 8.85. The second-order valence-electron chi connectivity index (χ2n) is 6.32. The topological polar surface area (TPSA) is 37.8 Å². The summed E-state index contributed by atoms with van der Waals surface area (Å²) in [4.78, 5) is 9.51. The number of nitrogens with one attached hydrogen (secondary N) is 1. The molecule has 0 aliphatic rings. The highest BCUT2D eigenvalue weighted by Crippen LogP contribution is 2.31. The lowest BCUT2D eigenvalue weighted by atomic mass is 10.1. The van der Waals surface area contributed by atoms with Gasteiger partial charge in [-0.1, -0.05) is 60.1 Å². The van der Waals surface area contributed by atoms with Crippen molar-refractivity contribution in [2.75, 3.05) is 5.32 Å². The van der Waals surface area contributed by atoms with E-state index < -0.39 is 0 Å². The first-order chi connectivity index (χ1) is 12.6. The second kappa shape index (κ2) is 6.77. The maximum atomic E-state index is 6.22. The molecule has 3 nitrogen and oxygen atoms in total. The predicted molar refractivity (Wildman–Crippen MR) is 109 cm³/mol. The van der Waals surface area contributed by atoms with E-state index >= 15 is 0 Å². The van der Waals surface area contributed by atoms with Crippen LogP contribution in [0, 0.1) is 13.8 Å². The summed E-state index contributed by atoms with van der Waals surface area (Å²) in [5, 5.41) is 5.02. The SMILES string of the molecule is Cc1cccc(C)c1Nc1nc(-c2ccccc2)c2cc(Cl)ccc2n1.